The van der Waals surface area contributed by atoms with Crippen LogP contribution in [-0.4, -0.2) is 25.8 Å². The third-order valence-electron chi connectivity index (χ3n) is 4.76. The second-order valence-corrected chi connectivity index (χ2v) is 6.51. The number of hydrogen-bond acceptors (Lipinski definition) is 4. The van der Waals surface area contributed by atoms with Gasteiger partial charge in [-0.3, -0.25) is 4.79 Å². The number of ether oxygens (including phenoxy) is 2. The summed E-state index contributed by atoms with van der Waals surface area (Å²) in [6.07, 6.45) is 1.82. The molecule has 1 heterocycles. The highest BCUT2D eigenvalue weighted by atomic mass is 16.5. The number of methoxy groups -OCH3 is 2. The Morgan fingerprint density at radius 1 is 0.893 bits per heavy atom. The summed E-state index contributed by atoms with van der Waals surface area (Å²) >= 11 is 0. The van der Waals surface area contributed by atoms with E-state index in [9.17, 15) is 4.79 Å². The minimum absolute atomic E-state index is 0.150. The molecule has 0 unspecified atom stereocenters. The Balaban J connectivity index is 1.68. The van der Waals surface area contributed by atoms with Gasteiger partial charge in [0.15, 0.2) is 11.5 Å². The quantitative estimate of drug-likeness (QED) is 0.626. The Morgan fingerprint density at radius 3 is 2.39 bits per heavy atom. The molecular weight excluding hydrogens is 352 g/mol. The zero-order valence-electron chi connectivity index (χ0n) is 16.0. The minimum atomic E-state index is -0.150. The van der Waals surface area contributed by atoms with Gasteiger partial charge in [0.25, 0.3) is 5.91 Å². The molecule has 0 aliphatic carbocycles. The average molecular weight is 372 g/mol. The Morgan fingerprint density at radius 2 is 1.64 bits per heavy atom. The average Bonchev–Trinajstić information content (AvgIpc) is 3.01. The summed E-state index contributed by atoms with van der Waals surface area (Å²) in [5.74, 6) is 1.11. The molecule has 28 heavy (non-hydrogen) atoms. The molecule has 0 N–H and O–H groups in total. The van der Waals surface area contributed by atoms with Crippen LogP contribution in [-0.2, 0) is 4.79 Å². The zero-order chi connectivity index (χ0) is 19.7. The van der Waals surface area contributed by atoms with Crippen LogP contribution >= 0.6 is 0 Å². The maximum Gasteiger partial charge on any atom is 0.280 e. The van der Waals surface area contributed by atoms with Crippen molar-refractivity contribution in [3.63, 3.8) is 0 Å². The Labute approximate surface area is 163 Å². The van der Waals surface area contributed by atoms with E-state index in [0.29, 0.717) is 22.8 Å². The maximum atomic E-state index is 13.0. The number of carbonyl (C=O) groups excluding carboxylic acids is 1. The molecule has 0 saturated carbocycles. The van der Waals surface area contributed by atoms with E-state index < -0.39 is 0 Å². The van der Waals surface area contributed by atoms with Gasteiger partial charge < -0.3 is 9.47 Å². The van der Waals surface area contributed by atoms with Crippen molar-refractivity contribution in [2.24, 2.45) is 5.10 Å². The first kappa shape index (κ1) is 17.8. The summed E-state index contributed by atoms with van der Waals surface area (Å²) < 4.78 is 10.6. The fourth-order valence-corrected chi connectivity index (χ4v) is 3.28. The van der Waals surface area contributed by atoms with Crippen molar-refractivity contribution in [3.8, 4) is 11.5 Å². The standard InChI is InChI=1S/C23H20N2O3/c1-15-20(12-16-8-11-21(27-2)22(13-16)28-3)23(26)25(24-15)19-10-9-17-6-4-5-7-18(17)14-19/h4-14H,1-3H3/b20-12+. The summed E-state index contributed by atoms with van der Waals surface area (Å²) in [6, 6.07) is 19.5. The molecule has 0 radical (unpaired) electrons. The highest BCUT2D eigenvalue weighted by Crippen LogP contribution is 2.31. The number of rotatable bonds is 4. The fraction of sp³-hybridized carbons (Fsp3) is 0.130. The third kappa shape index (κ3) is 3.11. The predicted molar refractivity (Wildman–Crippen MR) is 112 cm³/mol. The molecule has 3 aromatic rings. The monoisotopic (exact) mass is 372 g/mol. The van der Waals surface area contributed by atoms with E-state index in [2.05, 4.69) is 5.10 Å². The van der Waals surface area contributed by atoms with Crippen molar-refractivity contribution in [1.82, 2.24) is 0 Å². The molecular formula is C23H20N2O3. The van der Waals surface area contributed by atoms with Gasteiger partial charge in [-0.2, -0.15) is 10.1 Å². The molecule has 5 nitrogen and oxygen atoms in total. The lowest BCUT2D eigenvalue weighted by Gasteiger charge is -2.12. The lowest BCUT2D eigenvalue weighted by Crippen LogP contribution is -2.21. The van der Waals surface area contributed by atoms with E-state index in [-0.39, 0.29) is 5.91 Å². The smallest absolute Gasteiger partial charge is 0.280 e. The van der Waals surface area contributed by atoms with Crippen LogP contribution in [0.5, 0.6) is 11.5 Å². The number of anilines is 1. The zero-order valence-corrected chi connectivity index (χ0v) is 16.0. The number of nitrogens with zero attached hydrogens (tertiary/aromatic N) is 2. The Hall–Kier alpha value is -3.60. The SMILES string of the molecule is COc1ccc(/C=C2/C(=O)N(c3ccc4ccccc4c3)N=C2C)cc1OC. The van der Waals surface area contributed by atoms with Crippen LogP contribution in [0.25, 0.3) is 16.8 Å². The molecule has 0 atom stereocenters. The van der Waals surface area contributed by atoms with Crippen molar-refractivity contribution >= 4 is 34.2 Å². The lowest BCUT2D eigenvalue weighted by atomic mass is 10.1. The van der Waals surface area contributed by atoms with Gasteiger partial charge in [0.2, 0.25) is 0 Å². The topological polar surface area (TPSA) is 51.1 Å². The number of fused-ring (bicyclic) bond motifs is 1. The number of hydrazone groups is 1. The lowest BCUT2D eigenvalue weighted by molar-refractivity contribution is -0.114. The van der Waals surface area contributed by atoms with Crippen LogP contribution in [0.1, 0.15) is 12.5 Å². The van der Waals surface area contributed by atoms with Gasteiger partial charge in [-0.05, 0) is 53.6 Å². The van der Waals surface area contributed by atoms with Gasteiger partial charge in [0.1, 0.15) is 0 Å². The molecule has 3 aromatic carbocycles. The van der Waals surface area contributed by atoms with Crippen LogP contribution in [0, 0.1) is 0 Å². The molecule has 0 fully saturated rings. The van der Waals surface area contributed by atoms with Gasteiger partial charge >= 0.3 is 0 Å². The molecule has 1 aliphatic rings. The maximum absolute atomic E-state index is 13.0. The van der Waals surface area contributed by atoms with Crippen molar-refractivity contribution in [3.05, 3.63) is 71.8 Å². The van der Waals surface area contributed by atoms with Crippen molar-refractivity contribution in [2.75, 3.05) is 19.2 Å². The summed E-state index contributed by atoms with van der Waals surface area (Å²) in [4.78, 5) is 13.0. The largest absolute Gasteiger partial charge is 0.493 e. The highest BCUT2D eigenvalue weighted by Gasteiger charge is 2.28. The molecule has 5 heteroatoms. The first-order valence-electron chi connectivity index (χ1n) is 8.93. The number of hydrogen-bond donors (Lipinski definition) is 0. The third-order valence-corrected chi connectivity index (χ3v) is 4.76. The van der Waals surface area contributed by atoms with E-state index in [1.807, 2.05) is 73.7 Å². The van der Waals surface area contributed by atoms with Gasteiger partial charge in [-0.25, -0.2) is 0 Å². The molecule has 1 aliphatic heterocycles. The molecule has 0 bridgehead atoms. The first-order chi connectivity index (χ1) is 13.6. The van der Waals surface area contributed by atoms with E-state index in [0.717, 1.165) is 22.0 Å². The number of benzene rings is 3. The van der Waals surface area contributed by atoms with Crippen molar-refractivity contribution in [2.45, 2.75) is 6.92 Å². The second-order valence-electron chi connectivity index (χ2n) is 6.51. The predicted octanol–water partition coefficient (Wildman–Crippen LogP) is 4.66. The summed E-state index contributed by atoms with van der Waals surface area (Å²) in [5, 5.41) is 8.12. The van der Waals surface area contributed by atoms with E-state index >= 15 is 0 Å². The highest BCUT2D eigenvalue weighted by molar-refractivity contribution is 6.32. The minimum Gasteiger partial charge on any atom is -0.493 e. The van der Waals surface area contributed by atoms with Gasteiger partial charge in [0, 0.05) is 0 Å². The van der Waals surface area contributed by atoms with Gasteiger partial charge in [-0.1, -0.05) is 36.4 Å². The van der Waals surface area contributed by atoms with Crippen LogP contribution in [0.15, 0.2) is 71.3 Å². The Bertz CT molecular complexity index is 1130. The van der Waals surface area contributed by atoms with Crippen LogP contribution < -0.4 is 14.5 Å². The van der Waals surface area contributed by atoms with Gasteiger partial charge in [-0.15, -0.1) is 0 Å². The summed E-state index contributed by atoms with van der Waals surface area (Å²) in [7, 11) is 3.18. The van der Waals surface area contributed by atoms with E-state index in [4.69, 9.17) is 9.47 Å². The Kier molecular flexibility index (Phi) is 4.57. The molecule has 0 aromatic heterocycles. The molecule has 0 saturated heterocycles. The summed E-state index contributed by atoms with van der Waals surface area (Å²) in [5.41, 5.74) is 2.82. The molecule has 1 amide bonds. The van der Waals surface area contributed by atoms with Crippen LogP contribution in [0.2, 0.25) is 0 Å². The normalized spacial score (nSPS) is 15.2. The van der Waals surface area contributed by atoms with E-state index in [1.165, 1.54) is 5.01 Å². The molecule has 140 valence electrons. The van der Waals surface area contributed by atoms with Crippen LogP contribution in [0.4, 0.5) is 5.69 Å². The number of amides is 1. The molecule has 4 rings (SSSR count). The van der Waals surface area contributed by atoms with E-state index in [1.54, 1.807) is 14.2 Å². The second kappa shape index (κ2) is 7.19. The van der Waals surface area contributed by atoms with Crippen molar-refractivity contribution in [1.29, 1.82) is 0 Å². The number of carbonyl (C=O) groups is 1. The van der Waals surface area contributed by atoms with Crippen molar-refractivity contribution < 1.29 is 14.3 Å². The first-order valence-corrected chi connectivity index (χ1v) is 8.93. The summed E-state index contributed by atoms with van der Waals surface area (Å²) in [6.45, 7) is 1.84. The molecule has 0 spiro atoms. The van der Waals surface area contributed by atoms with Gasteiger partial charge in [0.05, 0.1) is 31.2 Å². The fourth-order valence-electron chi connectivity index (χ4n) is 3.28. The van der Waals surface area contributed by atoms with Crippen LogP contribution in [0.3, 0.4) is 0 Å².